The highest BCUT2D eigenvalue weighted by molar-refractivity contribution is 4.89. The molecular weight excluding hydrogens is 180 g/mol. The van der Waals surface area contributed by atoms with Gasteiger partial charge in [0.05, 0.1) is 12.7 Å². The lowest BCUT2D eigenvalue weighted by Crippen LogP contribution is -2.37. The van der Waals surface area contributed by atoms with Gasteiger partial charge >= 0.3 is 0 Å². The van der Waals surface area contributed by atoms with E-state index >= 15 is 0 Å². The Morgan fingerprint density at radius 3 is 2.50 bits per heavy atom. The van der Waals surface area contributed by atoms with Crippen molar-refractivity contribution in [2.24, 2.45) is 5.92 Å². The highest BCUT2D eigenvalue weighted by Gasteiger charge is 2.46. The Balaban J connectivity index is 1.98. The first kappa shape index (κ1) is 10.4. The van der Waals surface area contributed by atoms with Crippen LogP contribution in [0.5, 0.6) is 0 Å². The summed E-state index contributed by atoms with van der Waals surface area (Å²) in [4.78, 5) is 0. The van der Waals surface area contributed by atoms with Crippen molar-refractivity contribution in [2.75, 3.05) is 13.7 Å². The van der Waals surface area contributed by atoms with Crippen LogP contribution in [0.3, 0.4) is 0 Å². The van der Waals surface area contributed by atoms with E-state index in [4.69, 9.17) is 14.2 Å². The summed E-state index contributed by atoms with van der Waals surface area (Å²) in [7, 11) is 1.71. The first-order valence-electron chi connectivity index (χ1n) is 5.47. The van der Waals surface area contributed by atoms with Gasteiger partial charge in [0.2, 0.25) is 0 Å². The molecule has 1 unspecified atom stereocenters. The van der Waals surface area contributed by atoms with Crippen LogP contribution < -0.4 is 0 Å². The van der Waals surface area contributed by atoms with E-state index in [1.807, 2.05) is 13.8 Å². The molecule has 0 aromatic rings. The summed E-state index contributed by atoms with van der Waals surface area (Å²) in [5, 5.41) is 0. The Bertz CT molecular complexity index is 199. The van der Waals surface area contributed by atoms with Crippen LogP contribution in [0, 0.1) is 5.92 Å². The Labute approximate surface area is 85.7 Å². The summed E-state index contributed by atoms with van der Waals surface area (Å²) in [5.74, 6) is 0.264. The largest absolute Gasteiger partial charge is 0.382 e. The zero-order valence-corrected chi connectivity index (χ0v) is 9.29. The van der Waals surface area contributed by atoms with Crippen molar-refractivity contribution in [1.82, 2.24) is 0 Å². The molecule has 1 aliphatic carbocycles. The normalized spacial score (nSPS) is 37.1. The van der Waals surface area contributed by atoms with Crippen LogP contribution in [-0.4, -0.2) is 31.7 Å². The molecule has 3 heteroatoms. The minimum Gasteiger partial charge on any atom is -0.382 e. The molecule has 0 spiro atoms. The van der Waals surface area contributed by atoms with Crippen LogP contribution >= 0.6 is 0 Å². The third-order valence-corrected chi connectivity index (χ3v) is 3.17. The van der Waals surface area contributed by atoms with Crippen LogP contribution in [0.4, 0.5) is 0 Å². The molecule has 2 rings (SSSR count). The molecule has 2 atom stereocenters. The summed E-state index contributed by atoms with van der Waals surface area (Å²) < 4.78 is 16.9. The quantitative estimate of drug-likeness (QED) is 0.697. The van der Waals surface area contributed by atoms with Crippen LogP contribution in [0.15, 0.2) is 0 Å². The van der Waals surface area contributed by atoms with E-state index in [0.717, 1.165) is 0 Å². The maximum Gasteiger partial charge on any atom is 0.163 e. The van der Waals surface area contributed by atoms with Gasteiger partial charge in [0, 0.05) is 7.11 Å². The van der Waals surface area contributed by atoms with Gasteiger partial charge in [0.15, 0.2) is 5.79 Å². The van der Waals surface area contributed by atoms with E-state index in [1.165, 1.54) is 19.3 Å². The summed E-state index contributed by atoms with van der Waals surface area (Å²) in [6, 6.07) is 0. The highest BCUT2D eigenvalue weighted by atomic mass is 16.8. The molecule has 1 heterocycles. The monoisotopic (exact) mass is 200 g/mol. The smallest absolute Gasteiger partial charge is 0.163 e. The molecule has 1 aliphatic heterocycles. The second-order valence-electron chi connectivity index (χ2n) is 4.78. The van der Waals surface area contributed by atoms with E-state index in [0.29, 0.717) is 12.5 Å². The molecule has 1 saturated heterocycles. The number of ether oxygens (including phenoxy) is 3. The van der Waals surface area contributed by atoms with E-state index in [-0.39, 0.29) is 12.2 Å². The summed E-state index contributed by atoms with van der Waals surface area (Å²) >= 11 is 0. The fraction of sp³-hybridized carbons (Fsp3) is 1.00. The van der Waals surface area contributed by atoms with Crippen molar-refractivity contribution in [3.63, 3.8) is 0 Å². The maximum atomic E-state index is 5.92. The summed E-state index contributed by atoms with van der Waals surface area (Å²) in [6.07, 6.45) is 4.28. The molecular formula is C11H20O3. The van der Waals surface area contributed by atoms with E-state index < -0.39 is 5.79 Å². The SMILES string of the molecule is COC[C@H]1OC(C)(C)OC1C1CCC1. The Morgan fingerprint density at radius 1 is 1.29 bits per heavy atom. The van der Waals surface area contributed by atoms with Crippen LogP contribution in [0.25, 0.3) is 0 Å². The molecule has 3 nitrogen and oxygen atoms in total. The molecule has 0 bridgehead atoms. The van der Waals surface area contributed by atoms with Gasteiger partial charge in [-0.15, -0.1) is 0 Å². The van der Waals surface area contributed by atoms with Gasteiger partial charge in [-0.05, 0) is 32.6 Å². The minimum atomic E-state index is -0.427. The van der Waals surface area contributed by atoms with Crippen LogP contribution in [0.1, 0.15) is 33.1 Å². The van der Waals surface area contributed by atoms with Crippen molar-refractivity contribution >= 4 is 0 Å². The molecule has 0 aromatic carbocycles. The number of methoxy groups -OCH3 is 1. The average Bonchev–Trinajstić information content (AvgIpc) is 2.23. The van der Waals surface area contributed by atoms with Crippen LogP contribution in [-0.2, 0) is 14.2 Å². The zero-order valence-electron chi connectivity index (χ0n) is 9.29. The molecule has 0 amide bonds. The molecule has 0 aromatic heterocycles. The van der Waals surface area contributed by atoms with Crippen molar-refractivity contribution in [3.05, 3.63) is 0 Å². The third-order valence-electron chi connectivity index (χ3n) is 3.17. The van der Waals surface area contributed by atoms with E-state index in [9.17, 15) is 0 Å². The fourth-order valence-corrected chi connectivity index (χ4v) is 2.32. The van der Waals surface area contributed by atoms with Gasteiger partial charge in [-0.3, -0.25) is 0 Å². The summed E-state index contributed by atoms with van der Waals surface area (Å²) in [5.41, 5.74) is 0. The number of hydrogen-bond acceptors (Lipinski definition) is 3. The molecule has 2 aliphatic rings. The van der Waals surface area contributed by atoms with E-state index in [2.05, 4.69) is 0 Å². The molecule has 1 saturated carbocycles. The van der Waals surface area contributed by atoms with Crippen molar-refractivity contribution in [1.29, 1.82) is 0 Å². The highest BCUT2D eigenvalue weighted by Crippen LogP contribution is 2.40. The number of rotatable bonds is 3. The van der Waals surface area contributed by atoms with Crippen molar-refractivity contribution < 1.29 is 14.2 Å². The predicted molar refractivity (Wildman–Crippen MR) is 53.0 cm³/mol. The Morgan fingerprint density at radius 2 is 2.00 bits per heavy atom. The zero-order chi connectivity index (χ0) is 10.2. The van der Waals surface area contributed by atoms with Crippen molar-refractivity contribution in [3.8, 4) is 0 Å². The number of hydrogen-bond donors (Lipinski definition) is 0. The molecule has 0 N–H and O–H groups in total. The first-order valence-corrected chi connectivity index (χ1v) is 5.47. The van der Waals surface area contributed by atoms with Gasteiger partial charge in [-0.2, -0.15) is 0 Å². The van der Waals surface area contributed by atoms with Gasteiger partial charge in [-0.25, -0.2) is 0 Å². The standard InChI is InChI=1S/C11H20O3/c1-11(2)13-9(7-12-3)10(14-11)8-5-4-6-8/h8-10H,4-7H2,1-3H3/t9-,10?/m1/s1. The third kappa shape index (κ3) is 1.95. The lowest BCUT2D eigenvalue weighted by molar-refractivity contribution is -0.155. The second-order valence-corrected chi connectivity index (χ2v) is 4.78. The predicted octanol–water partition coefficient (Wildman–Crippen LogP) is 1.95. The topological polar surface area (TPSA) is 27.7 Å². The van der Waals surface area contributed by atoms with Gasteiger partial charge in [0.1, 0.15) is 6.10 Å². The van der Waals surface area contributed by atoms with Crippen LogP contribution in [0.2, 0.25) is 0 Å². The van der Waals surface area contributed by atoms with Gasteiger partial charge in [-0.1, -0.05) is 6.42 Å². The van der Waals surface area contributed by atoms with Gasteiger partial charge in [0.25, 0.3) is 0 Å². The van der Waals surface area contributed by atoms with E-state index in [1.54, 1.807) is 7.11 Å². The Hall–Kier alpha value is -0.120. The minimum absolute atomic E-state index is 0.125. The lowest BCUT2D eigenvalue weighted by atomic mass is 9.79. The lowest BCUT2D eigenvalue weighted by Gasteiger charge is -2.32. The summed E-state index contributed by atoms with van der Waals surface area (Å²) in [6.45, 7) is 4.60. The first-order chi connectivity index (χ1) is 6.62. The molecule has 0 radical (unpaired) electrons. The second kappa shape index (κ2) is 3.80. The Kier molecular flexibility index (Phi) is 2.82. The molecule has 14 heavy (non-hydrogen) atoms. The average molecular weight is 200 g/mol. The maximum absolute atomic E-state index is 5.92. The van der Waals surface area contributed by atoms with Crippen molar-refractivity contribution in [2.45, 2.75) is 51.1 Å². The molecule has 82 valence electrons. The van der Waals surface area contributed by atoms with Gasteiger partial charge < -0.3 is 14.2 Å². The fourth-order valence-electron chi connectivity index (χ4n) is 2.32. The molecule has 2 fully saturated rings.